The Morgan fingerprint density at radius 1 is 1.03 bits per heavy atom. The molecule has 0 saturated carbocycles. The van der Waals surface area contributed by atoms with Crippen molar-refractivity contribution in [1.82, 2.24) is 4.90 Å². The van der Waals surface area contributed by atoms with Crippen molar-refractivity contribution >= 4 is 28.5 Å². The van der Waals surface area contributed by atoms with Crippen molar-refractivity contribution in [2.45, 2.75) is 19.4 Å². The maximum Gasteiger partial charge on any atom is 0.290 e. The van der Waals surface area contributed by atoms with Gasteiger partial charge in [0.15, 0.2) is 5.43 Å². The molecule has 0 radical (unpaired) electrons. The van der Waals surface area contributed by atoms with Gasteiger partial charge in [0.2, 0.25) is 5.76 Å². The number of carbonyl (C=O) groups is 1. The van der Waals surface area contributed by atoms with Gasteiger partial charge >= 0.3 is 0 Å². The van der Waals surface area contributed by atoms with Crippen LogP contribution in [0.1, 0.15) is 39.7 Å². The lowest BCUT2D eigenvalue weighted by atomic mass is 9.98. The van der Waals surface area contributed by atoms with Crippen molar-refractivity contribution in [3.63, 3.8) is 0 Å². The molecule has 1 aromatic heterocycles. The number of rotatable bonds is 6. The van der Waals surface area contributed by atoms with E-state index in [2.05, 4.69) is 0 Å². The van der Waals surface area contributed by atoms with Crippen LogP contribution in [0.3, 0.4) is 0 Å². The highest BCUT2D eigenvalue weighted by atomic mass is 35.5. The summed E-state index contributed by atoms with van der Waals surface area (Å²) in [4.78, 5) is 28.6. The largest absolute Gasteiger partial charge is 0.457 e. The van der Waals surface area contributed by atoms with E-state index in [9.17, 15) is 14.7 Å². The summed E-state index contributed by atoms with van der Waals surface area (Å²) in [6.45, 7) is 2.00. The normalized spacial score (nSPS) is 15.1. The first-order chi connectivity index (χ1) is 16.5. The number of halogens is 1. The Balaban J connectivity index is 1.66. The number of nitrogens with zero attached hydrogens (tertiary/aromatic N) is 1. The van der Waals surface area contributed by atoms with Crippen LogP contribution in [0.5, 0.6) is 11.5 Å². The summed E-state index contributed by atoms with van der Waals surface area (Å²) in [5.74, 6) is 0.900. The molecule has 0 bridgehead atoms. The first kappa shape index (κ1) is 22.2. The van der Waals surface area contributed by atoms with Crippen molar-refractivity contribution < 1.29 is 19.1 Å². The van der Waals surface area contributed by atoms with Crippen LogP contribution in [-0.4, -0.2) is 29.1 Å². The molecule has 1 atom stereocenters. The molecule has 0 spiro atoms. The van der Waals surface area contributed by atoms with Gasteiger partial charge in [-0.3, -0.25) is 9.59 Å². The number of ether oxygens (including phenoxy) is 1. The molecule has 1 unspecified atom stereocenters. The zero-order chi connectivity index (χ0) is 23.8. The highest BCUT2D eigenvalue weighted by molar-refractivity contribution is 6.32. The standard InChI is InChI=1S/C27H22ClNO5/c1-16-13-22-20(15-21(16)28)25(31)23-24(29(11-6-12-30)27(32)26(23)34-22)17-7-5-10-19(14-17)33-18-8-3-2-4-9-18/h2-5,7-10,13-15,24,30H,6,11-12H2,1H3. The Hall–Kier alpha value is -3.61. The van der Waals surface area contributed by atoms with Gasteiger partial charge in [0.1, 0.15) is 17.1 Å². The molecule has 1 aliphatic rings. The van der Waals surface area contributed by atoms with Crippen LogP contribution < -0.4 is 10.2 Å². The summed E-state index contributed by atoms with van der Waals surface area (Å²) in [5, 5.41) is 10.2. The molecule has 6 nitrogen and oxygen atoms in total. The second kappa shape index (κ2) is 8.97. The van der Waals surface area contributed by atoms with Crippen molar-refractivity contribution in [1.29, 1.82) is 0 Å². The summed E-state index contributed by atoms with van der Waals surface area (Å²) in [6.07, 6.45) is 0.370. The van der Waals surface area contributed by atoms with E-state index in [0.717, 1.165) is 5.56 Å². The first-order valence-electron chi connectivity index (χ1n) is 11.0. The second-order valence-corrected chi connectivity index (χ2v) is 8.64. The molecule has 7 heteroatoms. The number of hydrogen-bond acceptors (Lipinski definition) is 5. The van der Waals surface area contributed by atoms with E-state index in [-0.39, 0.29) is 35.8 Å². The fraction of sp³-hybridized carbons (Fsp3) is 0.185. The van der Waals surface area contributed by atoms with Crippen molar-refractivity contribution in [2.24, 2.45) is 0 Å². The molecule has 172 valence electrons. The summed E-state index contributed by atoms with van der Waals surface area (Å²) in [6, 6.07) is 19.3. The number of fused-ring (bicyclic) bond motifs is 2. The summed E-state index contributed by atoms with van der Waals surface area (Å²) >= 11 is 6.29. The molecule has 5 rings (SSSR count). The third kappa shape index (κ3) is 3.85. The van der Waals surface area contributed by atoms with E-state index in [0.29, 0.717) is 39.5 Å². The van der Waals surface area contributed by atoms with E-state index >= 15 is 0 Å². The molecular formula is C27H22ClNO5. The average Bonchev–Trinajstić information content (AvgIpc) is 3.11. The van der Waals surface area contributed by atoms with Crippen LogP contribution in [0.2, 0.25) is 5.02 Å². The predicted octanol–water partition coefficient (Wildman–Crippen LogP) is 5.47. The Labute approximate surface area is 201 Å². The van der Waals surface area contributed by atoms with Crippen LogP contribution in [0.4, 0.5) is 0 Å². The quantitative estimate of drug-likeness (QED) is 0.399. The number of amides is 1. The van der Waals surface area contributed by atoms with Gasteiger partial charge in [0.25, 0.3) is 5.91 Å². The van der Waals surface area contributed by atoms with Crippen LogP contribution in [0.15, 0.2) is 75.9 Å². The van der Waals surface area contributed by atoms with Crippen LogP contribution >= 0.6 is 11.6 Å². The van der Waals surface area contributed by atoms with Crippen LogP contribution in [0, 0.1) is 6.92 Å². The third-order valence-electron chi connectivity index (χ3n) is 5.96. The Kier molecular flexibility index (Phi) is 5.86. The van der Waals surface area contributed by atoms with E-state index in [4.69, 9.17) is 20.8 Å². The van der Waals surface area contributed by atoms with Gasteiger partial charge < -0.3 is 19.2 Å². The number of para-hydroxylation sites is 1. The first-order valence-corrected chi connectivity index (χ1v) is 11.4. The smallest absolute Gasteiger partial charge is 0.290 e. The van der Waals surface area contributed by atoms with Gasteiger partial charge in [-0.1, -0.05) is 41.9 Å². The van der Waals surface area contributed by atoms with Gasteiger partial charge in [-0.25, -0.2) is 0 Å². The number of aryl methyl sites for hydroxylation is 1. The highest BCUT2D eigenvalue weighted by Crippen LogP contribution is 2.40. The Morgan fingerprint density at radius 2 is 1.79 bits per heavy atom. The van der Waals surface area contributed by atoms with E-state index < -0.39 is 6.04 Å². The Bertz CT molecular complexity index is 1450. The second-order valence-electron chi connectivity index (χ2n) is 8.24. The molecule has 4 aromatic rings. The molecular weight excluding hydrogens is 454 g/mol. The van der Waals surface area contributed by atoms with E-state index in [1.807, 2.05) is 61.5 Å². The average molecular weight is 476 g/mol. The SMILES string of the molecule is Cc1cc2oc3c(c(=O)c2cc1Cl)C(c1cccc(Oc2ccccc2)c1)N(CCCO)C3=O. The maximum absolute atomic E-state index is 13.6. The zero-order valence-corrected chi connectivity index (χ0v) is 19.2. The summed E-state index contributed by atoms with van der Waals surface area (Å²) in [7, 11) is 0. The molecule has 0 saturated heterocycles. The third-order valence-corrected chi connectivity index (χ3v) is 6.36. The predicted molar refractivity (Wildman–Crippen MR) is 130 cm³/mol. The van der Waals surface area contributed by atoms with Gasteiger partial charge in [-0.2, -0.15) is 0 Å². The minimum atomic E-state index is -0.672. The fourth-order valence-corrected chi connectivity index (χ4v) is 4.50. The highest BCUT2D eigenvalue weighted by Gasteiger charge is 2.42. The molecule has 1 amide bonds. The lowest BCUT2D eigenvalue weighted by molar-refractivity contribution is 0.0716. The van der Waals surface area contributed by atoms with Crippen molar-refractivity contribution in [2.75, 3.05) is 13.2 Å². The maximum atomic E-state index is 13.6. The topological polar surface area (TPSA) is 80.0 Å². The van der Waals surface area contributed by atoms with Crippen LogP contribution in [-0.2, 0) is 0 Å². The number of carbonyl (C=O) groups excluding carboxylic acids is 1. The molecule has 34 heavy (non-hydrogen) atoms. The molecule has 0 fully saturated rings. The molecule has 1 N–H and O–H groups in total. The minimum absolute atomic E-state index is 0.0246. The number of benzene rings is 3. The van der Waals surface area contributed by atoms with Gasteiger partial charge in [0.05, 0.1) is 17.0 Å². The number of aliphatic hydroxyl groups excluding tert-OH is 1. The zero-order valence-electron chi connectivity index (χ0n) is 18.5. The van der Waals surface area contributed by atoms with Crippen molar-refractivity contribution in [3.05, 3.63) is 104 Å². The van der Waals surface area contributed by atoms with Gasteiger partial charge in [-0.15, -0.1) is 0 Å². The van der Waals surface area contributed by atoms with Crippen molar-refractivity contribution in [3.8, 4) is 11.5 Å². The lowest BCUT2D eigenvalue weighted by Gasteiger charge is -2.25. The van der Waals surface area contributed by atoms with Crippen LogP contribution in [0.25, 0.3) is 11.0 Å². The molecule has 0 aliphatic carbocycles. The monoisotopic (exact) mass is 475 g/mol. The van der Waals surface area contributed by atoms with E-state index in [1.54, 1.807) is 17.0 Å². The molecule has 3 aromatic carbocycles. The molecule has 2 heterocycles. The summed E-state index contributed by atoms with van der Waals surface area (Å²) in [5.41, 5.74) is 1.76. The fourth-order valence-electron chi connectivity index (χ4n) is 4.33. The van der Waals surface area contributed by atoms with E-state index in [1.165, 1.54) is 0 Å². The lowest BCUT2D eigenvalue weighted by Crippen LogP contribution is -2.31. The number of aliphatic hydroxyl groups is 1. The minimum Gasteiger partial charge on any atom is -0.457 e. The number of hydrogen-bond donors (Lipinski definition) is 1. The summed E-state index contributed by atoms with van der Waals surface area (Å²) < 4.78 is 12.0. The Morgan fingerprint density at radius 3 is 2.56 bits per heavy atom. The molecule has 1 aliphatic heterocycles. The van der Waals surface area contributed by atoms with Gasteiger partial charge in [-0.05, 0) is 60.9 Å². The van der Waals surface area contributed by atoms with Gasteiger partial charge in [0, 0.05) is 18.2 Å².